The molecule has 0 spiro atoms. The number of carbonyl (C=O) groups is 2. The number of nitrogens with zero attached hydrogens (tertiary/aromatic N) is 1. The summed E-state index contributed by atoms with van der Waals surface area (Å²) >= 11 is 0. The zero-order chi connectivity index (χ0) is 13.4. The highest BCUT2D eigenvalue weighted by Gasteiger charge is 2.10. The van der Waals surface area contributed by atoms with Crippen LogP contribution in [0.2, 0.25) is 0 Å². The lowest BCUT2D eigenvalue weighted by molar-refractivity contribution is -0.141. The predicted octanol–water partition coefficient (Wildman–Crippen LogP) is 1.16. The minimum absolute atomic E-state index is 0.158. The molecule has 1 N–H and O–H groups in total. The molecule has 1 aromatic heterocycles. The van der Waals surface area contributed by atoms with E-state index < -0.39 is 0 Å². The summed E-state index contributed by atoms with van der Waals surface area (Å²) < 4.78 is 4.52. The quantitative estimate of drug-likeness (QED) is 0.627. The second-order valence-electron chi connectivity index (χ2n) is 3.80. The Bertz CT molecular complexity index is 429. The SMILES string of the molecule is COC(=O)CC(C)NC(=O)/C=C/c1ccncc1. The van der Waals surface area contributed by atoms with Crippen molar-refractivity contribution >= 4 is 18.0 Å². The fourth-order valence-corrected chi connectivity index (χ4v) is 1.32. The summed E-state index contributed by atoms with van der Waals surface area (Å²) in [4.78, 5) is 26.4. The highest BCUT2D eigenvalue weighted by atomic mass is 16.5. The second kappa shape index (κ2) is 7.21. The van der Waals surface area contributed by atoms with Crippen molar-refractivity contribution < 1.29 is 14.3 Å². The molecule has 0 fully saturated rings. The van der Waals surface area contributed by atoms with Gasteiger partial charge in [-0.2, -0.15) is 0 Å². The number of methoxy groups -OCH3 is 1. The van der Waals surface area contributed by atoms with Crippen molar-refractivity contribution in [3.8, 4) is 0 Å². The van der Waals surface area contributed by atoms with E-state index in [0.29, 0.717) is 0 Å². The Labute approximate surface area is 106 Å². The van der Waals surface area contributed by atoms with Gasteiger partial charge in [-0.1, -0.05) is 0 Å². The van der Waals surface area contributed by atoms with E-state index in [1.807, 2.05) is 0 Å². The molecule has 5 heteroatoms. The van der Waals surface area contributed by atoms with Crippen LogP contribution in [0.5, 0.6) is 0 Å². The molecule has 0 saturated heterocycles. The van der Waals surface area contributed by atoms with Gasteiger partial charge in [-0.25, -0.2) is 0 Å². The molecule has 5 nitrogen and oxygen atoms in total. The number of pyridine rings is 1. The number of rotatable bonds is 5. The molecular weight excluding hydrogens is 232 g/mol. The number of amides is 1. The van der Waals surface area contributed by atoms with E-state index in [9.17, 15) is 9.59 Å². The highest BCUT2D eigenvalue weighted by Crippen LogP contribution is 1.99. The molecule has 1 atom stereocenters. The smallest absolute Gasteiger partial charge is 0.307 e. The molecule has 0 bridgehead atoms. The monoisotopic (exact) mass is 248 g/mol. The number of carbonyl (C=O) groups excluding carboxylic acids is 2. The van der Waals surface area contributed by atoms with E-state index >= 15 is 0 Å². The van der Waals surface area contributed by atoms with Crippen LogP contribution in [0.15, 0.2) is 30.6 Å². The topological polar surface area (TPSA) is 68.3 Å². The first-order valence-corrected chi connectivity index (χ1v) is 5.57. The normalized spacial score (nSPS) is 12.1. The summed E-state index contributed by atoms with van der Waals surface area (Å²) in [6.45, 7) is 1.75. The summed E-state index contributed by atoms with van der Waals surface area (Å²) in [5.41, 5.74) is 0.890. The van der Waals surface area contributed by atoms with Gasteiger partial charge in [0.25, 0.3) is 0 Å². The first kappa shape index (κ1) is 13.9. The van der Waals surface area contributed by atoms with Gasteiger partial charge < -0.3 is 10.1 Å². The van der Waals surface area contributed by atoms with Gasteiger partial charge in [0.2, 0.25) is 5.91 Å². The molecular formula is C13H16N2O3. The van der Waals surface area contributed by atoms with Crippen molar-refractivity contribution in [3.63, 3.8) is 0 Å². The largest absolute Gasteiger partial charge is 0.469 e. The van der Waals surface area contributed by atoms with E-state index in [0.717, 1.165) is 5.56 Å². The number of esters is 1. The number of ether oxygens (including phenoxy) is 1. The van der Waals surface area contributed by atoms with Crippen LogP contribution in [-0.4, -0.2) is 30.0 Å². The average Bonchev–Trinajstić information content (AvgIpc) is 2.37. The second-order valence-corrected chi connectivity index (χ2v) is 3.80. The molecule has 96 valence electrons. The van der Waals surface area contributed by atoms with Crippen molar-refractivity contribution in [1.29, 1.82) is 0 Å². The number of nitrogens with one attached hydrogen (secondary N) is 1. The van der Waals surface area contributed by atoms with Crippen LogP contribution in [0.25, 0.3) is 6.08 Å². The Morgan fingerprint density at radius 3 is 2.72 bits per heavy atom. The van der Waals surface area contributed by atoms with E-state index in [1.165, 1.54) is 13.2 Å². The molecule has 0 aliphatic rings. The number of hydrogen-bond acceptors (Lipinski definition) is 4. The summed E-state index contributed by atoms with van der Waals surface area (Å²) in [7, 11) is 1.32. The molecule has 0 radical (unpaired) electrons. The maximum atomic E-state index is 11.5. The van der Waals surface area contributed by atoms with E-state index in [1.54, 1.807) is 37.5 Å². The van der Waals surface area contributed by atoms with Crippen molar-refractivity contribution in [1.82, 2.24) is 10.3 Å². The molecule has 1 heterocycles. The first-order chi connectivity index (χ1) is 8.61. The van der Waals surface area contributed by atoms with Gasteiger partial charge in [-0.15, -0.1) is 0 Å². The van der Waals surface area contributed by atoms with Gasteiger partial charge in [-0.3, -0.25) is 14.6 Å². The Balaban J connectivity index is 2.42. The Hall–Kier alpha value is -2.17. The van der Waals surface area contributed by atoms with Crippen molar-refractivity contribution in [3.05, 3.63) is 36.2 Å². The standard InChI is InChI=1S/C13H16N2O3/c1-10(9-13(17)18-2)15-12(16)4-3-11-5-7-14-8-6-11/h3-8,10H,9H2,1-2H3,(H,15,16)/b4-3+. The Kier molecular flexibility index (Phi) is 5.57. The molecule has 0 saturated carbocycles. The molecule has 1 rings (SSSR count). The third-order valence-electron chi connectivity index (χ3n) is 2.22. The summed E-state index contributed by atoms with van der Waals surface area (Å²) in [5, 5.41) is 2.67. The van der Waals surface area contributed by atoms with Gasteiger partial charge in [0, 0.05) is 24.5 Å². The van der Waals surface area contributed by atoms with Crippen LogP contribution >= 0.6 is 0 Å². The zero-order valence-electron chi connectivity index (χ0n) is 10.4. The lowest BCUT2D eigenvalue weighted by atomic mass is 10.2. The molecule has 0 aromatic carbocycles. The van der Waals surface area contributed by atoms with Gasteiger partial charge in [0.05, 0.1) is 13.5 Å². The Morgan fingerprint density at radius 2 is 2.11 bits per heavy atom. The summed E-state index contributed by atoms with van der Waals surface area (Å²) in [6.07, 6.45) is 6.56. The van der Waals surface area contributed by atoms with Crippen LogP contribution in [0.1, 0.15) is 18.9 Å². The first-order valence-electron chi connectivity index (χ1n) is 5.57. The Morgan fingerprint density at radius 1 is 1.44 bits per heavy atom. The van der Waals surface area contributed by atoms with Crippen molar-refractivity contribution in [2.45, 2.75) is 19.4 Å². The predicted molar refractivity (Wildman–Crippen MR) is 67.5 cm³/mol. The van der Waals surface area contributed by atoms with Crippen LogP contribution in [0.4, 0.5) is 0 Å². The summed E-state index contributed by atoms with van der Waals surface area (Å²) in [5.74, 6) is -0.593. The number of hydrogen-bond donors (Lipinski definition) is 1. The van der Waals surface area contributed by atoms with Gasteiger partial charge in [-0.05, 0) is 30.7 Å². The minimum Gasteiger partial charge on any atom is -0.469 e. The fourth-order valence-electron chi connectivity index (χ4n) is 1.32. The van der Waals surface area contributed by atoms with Crippen molar-refractivity contribution in [2.75, 3.05) is 7.11 Å². The minimum atomic E-state index is -0.346. The van der Waals surface area contributed by atoms with Gasteiger partial charge in [0.1, 0.15) is 0 Å². The van der Waals surface area contributed by atoms with Crippen LogP contribution in [0.3, 0.4) is 0 Å². The molecule has 0 aliphatic carbocycles. The van der Waals surface area contributed by atoms with Crippen molar-refractivity contribution in [2.24, 2.45) is 0 Å². The van der Waals surface area contributed by atoms with Crippen LogP contribution in [-0.2, 0) is 14.3 Å². The zero-order valence-corrected chi connectivity index (χ0v) is 10.4. The van der Waals surface area contributed by atoms with Gasteiger partial charge >= 0.3 is 5.97 Å². The molecule has 18 heavy (non-hydrogen) atoms. The lowest BCUT2D eigenvalue weighted by Gasteiger charge is -2.10. The summed E-state index contributed by atoms with van der Waals surface area (Å²) in [6, 6.07) is 3.33. The maximum absolute atomic E-state index is 11.5. The molecule has 1 unspecified atom stereocenters. The van der Waals surface area contributed by atoms with Gasteiger partial charge in [0.15, 0.2) is 0 Å². The number of aromatic nitrogens is 1. The van der Waals surface area contributed by atoms with Crippen LogP contribution < -0.4 is 5.32 Å². The molecule has 0 aliphatic heterocycles. The highest BCUT2D eigenvalue weighted by molar-refractivity contribution is 5.92. The van der Waals surface area contributed by atoms with Crippen LogP contribution in [0, 0.1) is 0 Å². The fraction of sp³-hybridized carbons (Fsp3) is 0.308. The molecule has 1 amide bonds. The van der Waals surface area contributed by atoms with E-state index in [4.69, 9.17) is 0 Å². The maximum Gasteiger partial charge on any atom is 0.307 e. The third kappa shape index (κ3) is 5.25. The van der Waals surface area contributed by atoms with E-state index in [-0.39, 0.29) is 24.3 Å². The third-order valence-corrected chi connectivity index (χ3v) is 2.22. The van der Waals surface area contributed by atoms with E-state index in [2.05, 4.69) is 15.0 Å². The average molecular weight is 248 g/mol. The molecule has 1 aromatic rings. The lowest BCUT2D eigenvalue weighted by Crippen LogP contribution is -2.33.